The van der Waals surface area contributed by atoms with Gasteiger partial charge in [-0.3, -0.25) is 4.79 Å². The minimum absolute atomic E-state index is 0.107. The van der Waals surface area contributed by atoms with Gasteiger partial charge in [-0.05, 0) is 61.0 Å². The number of benzene rings is 2. The Kier molecular flexibility index (Phi) is 4.16. The van der Waals surface area contributed by atoms with Crippen molar-refractivity contribution >= 4 is 22.3 Å². The van der Waals surface area contributed by atoms with Crippen LogP contribution in [0.3, 0.4) is 0 Å². The van der Waals surface area contributed by atoms with Crippen molar-refractivity contribution in [3.05, 3.63) is 70.6 Å². The highest BCUT2D eigenvalue weighted by Crippen LogP contribution is 2.28. The van der Waals surface area contributed by atoms with Gasteiger partial charge in [0.1, 0.15) is 5.75 Å². The summed E-state index contributed by atoms with van der Waals surface area (Å²) in [5.74, 6) is 0.833. The number of rotatable bonds is 4. The van der Waals surface area contributed by atoms with Crippen LogP contribution in [0, 0.1) is 6.92 Å². The predicted molar refractivity (Wildman–Crippen MR) is 108 cm³/mol. The van der Waals surface area contributed by atoms with Gasteiger partial charge in [-0.1, -0.05) is 0 Å². The second kappa shape index (κ2) is 6.64. The molecule has 0 fully saturated rings. The van der Waals surface area contributed by atoms with Gasteiger partial charge in [0, 0.05) is 34.9 Å². The van der Waals surface area contributed by atoms with Crippen molar-refractivity contribution in [1.29, 1.82) is 0 Å². The molecule has 0 aliphatic rings. The van der Waals surface area contributed by atoms with Crippen LogP contribution in [0.15, 0.2) is 59.5 Å². The number of fused-ring (bicyclic) bond motifs is 1. The van der Waals surface area contributed by atoms with E-state index in [1.54, 1.807) is 27.3 Å². The molecule has 0 saturated carbocycles. The molecular formula is C21H20N4O2. The largest absolute Gasteiger partial charge is 0.497 e. The summed E-state index contributed by atoms with van der Waals surface area (Å²) in [6, 6.07) is 16.1. The highest BCUT2D eigenvalue weighted by atomic mass is 16.5. The van der Waals surface area contributed by atoms with Crippen molar-refractivity contribution in [2.24, 2.45) is 7.05 Å². The molecule has 6 nitrogen and oxygen atoms in total. The fraction of sp³-hybridized carbons (Fsp3) is 0.143. The highest BCUT2D eigenvalue weighted by molar-refractivity contribution is 5.89. The molecule has 0 atom stereocenters. The van der Waals surface area contributed by atoms with Crippen molar-refractivity contribution in [1.82, 2.24) is 14.8 Å². The van der Waals surface area contributed by atoms with Gasteiger partial charge in [-0.15, -0.1) is 0 Å². The van der Waals surface area contributed by atoms with Gasteiger partial charge in [0.2, 0.25) is 0 Å². The second-order valence-corrected chi connectivity index (χ2v) is 6.45. The van der Waals surface area contributed by atoms with Gasteiger partial charge in [0.05, 0.1) is 19.0 Å². The molecule has 27 heavy (non-hydrogen) atoms. The number of methoxy groups -OCH3 is 1. The van der Waals surface area contributed by atoms with Crippen molar-refractivity contribution in [3.63, 3.8) is 0 Å². The topological polar surface area (TPSA) is 71.9 Å². The number of nitrogens with one attached hydrogen (secondary N) is 2. The first-order valence-corrected chi connectivity index (χ1v) is 8.62. The summed E-state index contributed by atoms with van der Waals surface area (Å²) in [7, 11) is 3.30. The van der Waals surface area contributed by atoms with Crippen LogP contribution in [0.1, 0.15) is 5.56 Å². The lowest BCUT2D eigenvalue weighted by atomic mass is 10.1. The molecule has 0 aliphatic heterocycles. The number of H-pyrrole nitrogens is 1. The number of aromatic amines is 1. The fourth-order valence-electron chi connectivity index (χ4n) is 3.07. The molecule has 0 saturated heterocycles. The normalized spacial score (nSPS) is 10.9. The van der Waals surface area contributed by atoms with Gasteiger partial charge in [0.15, 0.2) is 0 Å². The Balaban J connectivity index is 1.66. The third-order valence-corrected chi connectivity index (χ3v) is 4.68. The lowest BCUT2D eigenvalue weighted by Crippen LogP contribution is -2.22. The monoisotopic (exact) mass is 360 g/mol. The average molecular weight is 360 g/mol. The van der Waals surface area contributed by atoms with E-state index in [1.807, 2.05) is 36.4 Å². The number of nitrogens with zero attached hydrogens (tertiary/aromatic N) is 2. The SMILES string of the molecule is COc1ccc(-c2cc3cc(Nc4cnn(C)c(=O)c4C)ccc3[nH]2)cc1. The van der Waals surface area contributed by atoms with Crippen molar-refractivity contribution in [3.8, 4) is 17.0 Å². The Bertz CT molecular complexity index is 1170. The molecule has 0 amide bonds. The lowest BCUT2D eigenvalue weighted by molar-refractivity contribution is 0.415. The molecular weight excluding hydrogens is 340 g/mol. The number of aryl methyl sites for hydroxylation is 1. The van der Waals surface area contributed by atoms with Crippen LogP contribution in [0.2, 0.25) is 0 Å². The zero-order valence-electron chi connectivity index (χ0n) is 15.4. The Morgan fingerprint density at radius 1 is 1.11 bits per heavy atom. The molecule has 2 N–H and O–H groups in total. The average Bonchev–Trinajstić information content (AvgIpc) is 3.12. The van der Waals surface area contributed by atoms with Crippen LogP contribution in [0.5, 0.6) is 5.75 Å². The molecule has 4 rings (SSSR count). The van der Waals surface area contributed by atoms with Crippen LogP contribution in [0.25, 0.3) is 22.2 Å². The Morgan fingerprint density at radius 3 is 2.63 bits per heavy atom. The van der Waals surface area contributed by atoms with Crippen LogP contribution >= 0.6 is 0 Å². The van der Waals surface area contributed by atoms with E-state index in [2.05, 4.69) is 27.5 Å². The molecule has 2 aromatic heterocycles. The quantitative estimate of drug-likeness (QED) is 0.577. The summed E-state index contributed by atoms with van der Waals surface area (Å²) >= 11 is 0. The van der Waals surface area contributed by atoms with E-state index in [9.17, 15) is 4.79 Å². The van der Waals surface area contributed by atoms with Crippen molar-refractivity contribution < 1.29 is 4.74 Å². The van der Waals surface area contributed by atoms with E-state index in [-0.39, 0.29) is 5.56 Å². The first-order valence-electron chi connectivity index (χ1n) is 8.62. The summed E-state index contributed by atoms with van der Waals surface area (Å²) in [6.45, 7) is 1.79. The summed E-state index contributed by atoms with van der Waals surface area (Å²) in [5.41, 5.74) is 5.32. The highest BCUT2D eigenvalue weighted by Gasteiger charge is 2.08. The lowest BCUT2D eigenvalue weighted by Gasteiger charge is -2.09. The Morgan fingerprint density at radius 2 is 1.89 bits per heavy atom. The number of anilines is 2. The van der Waals surface area contributed by atoms with Crippen LogP contribution < -0.4 is 15.6 Å². The molecule has 0 aliphatic carbocycles. The standard InChI is InChI=1S/C21H20N4O2/c1-13-20(12-22-25(2)21(13)26)23-16-6-9-18-15(10-16)11-19(24-18)14-4-7-17(27-3)8-5-14/h4-12,23-24H,1-3H3. The molecule has 0 unspecified atom stereocenters. The summed E-state index contributed by atoms with van der Waals surface area (Å²) in [4.78, 5) is 15.5. The molecule has 6 heteroatoms. The van der Waals surface area contributed by atoms with Crippen LogP contribution in [-0.4, -0.2) is 21.9 Å². The fourth-order valence-corrected chi connectivity index (χ4v) is 3.07. The van der Waals surface area contributed by atoms with Gasteiger partial charge in [0.25, 0.3) is 5.56 Å². The summed E-state index contributed by atoms with van der Waals surface area (Å²) in [6.07, 6.45) is 1.67. The minimum Gasteiger partial charge on any atom is -0.497 e. The van der Waals surface area contributed by atoms with E-state index >= 15 is 0 Å². The van der Waals surface area contributed by atoms with Crippen LogP contribution in [-0.2, 0) is 7.05 Å². The third-order valence-electron chi connectivity index (χ3n) is 4.68. The summed E-state index contributed by atoms with van der Waals surface area (Å²) < 4.78 is 6.54. The van der Waals surface area contributed by atoms with E-state index < -0.39 is 0 Å². The molecule has 2 aromatic carbocycles. The zero-order valence-corrected chi connectivity index (χ0v) is 15.4. The molecule has 136 valence electrons. The van der Waals surface area contributed by atoms with Gasteiger partial charge in [-0.25, -0.2) is 4.68 Å². The molecule has 0 radical (unpaired) electrons. The third kappa shape index (κ3) is 3.17. The number of hydrogen-bond acceptors (Lipinski definition) is 4. The van der Waals surface area contributed by atoms with E-state index in [1.165, 1.54) is 4.68 Å². The Hall–Kier alpha value is -3.54. The summed E-state index contributed by atoms with van der Waals surface area (Å²) in [5, 5.41) is 8.45. The van der Waals surface area contributed by atoms with E-state index in [4.69, 9.17) is 4.74 Å². The zero-order chi connectivity index (χ0) is 19.0. The number of aromatic nitrogens is 3. The first-order chi connectivity index (χ1) is 13.0. The van der Waals surface area contributed by atoms with Gasteiger partial charge in [-0.2, -0.15) is 5.10 Å². The minimum atomic E-state index is -0.107. The maximum absolute atomic E-state index is 12.0. The van der Waals surface area contributed by atoms with Gasteiger partial charge < -0.3 is 15.0 Å². The maximum Gasteiger partial charge on any atom is 0.271 e. The first kappa shape index (κ1) is 16.9. The number of ether oxygens (including phenoxy) is 1. The smallest absolute Gasteiger partial charge is 0.271 e. The van der Waals surface area contributed by atoms with Crippen molar-refractivity contribution in [2.75, 3.05) is 12.4 Å². The van der Waals surface area contributed by atoms with E-state index in [0.717, 1.165) is 33.6 Å². The van der Waals surface area contributed by atoms with E-state index in [0.29, 0.717) is 11.3 Å². The number of hydrogen-bond donors (Lipinski definition) is 2. The Labute approximate surface area is 156 Å². The molecule has 0 spiro atoms. The molecule has 4 aromatic rings. The predicted octanol–water partition coefficient (Wildman–Crippen LogP) is 3.99. The molecule has 0 bridgehead atoms. The van der Waals surface area contributed by atoms with Crippen molar-refractivity contribution in [2.45, 2.75) is 6.92 Å². The van der Waals surface area contributed by atoms with Gasteiger partial charge >= 0.3 is 0 Å². The maximum atomic E-state index is 12.0. The van der Waals surface area contributed by atoms with Crippen LogP contribution in [0.4, 0.5) is 11.4 Å². The molecule has 2 heterocycles. The second-order valence-electron chi connectivity index (χ2n) is 6.45.